The van der Waals surface area contributed by atoms with Gasteiger partial charge in [0.2, 0.25) is 5.91 Å². The van der Waals surface area contributed by atoms with E-state index in [1.807, 2.05) is 29.6 Å². The first-order valence-corrected chi connectivity index (χ1v) is 8.00. The third-order valence-corrected chi connectivity index (χ3v) is 4.73. The van der Waals surface area contributed by atoms with E-state index in [4.69, 9.17) is 0 Å². The third-order valence-electron chi connectivity index (χ3n) is 3.89. The first-order chi connectivity index (χ1) is 10.6. The lowest BCUT2D eigenvalue weighted by molar-refractivity contribution is -0.151. The number of thiazole rings is 1. The van der Waals surface area contributed by atoms with E-state index in [0.717, 1.165) is 16.1 Å². The highest BCUT2D eigenvalue weighted by atomic mass is 32.1. The Balaban J connectivity index is 1.75. The number of aromatic nitrogens is 1. The van der Waals surface area contributed by atoms with Gasteiger partial charge in [0.05, 0.1) is 5.01 Å². The monoisotopic (exact) mass is 316 g/mol. The Morgan fingerprint density at radius 2 is 2.09 bits per heavy atom. The van der Waals surface area contributed by atoms with Gasteiger partial charge >= 0.3 is 5.97 Å². The Morgan fingerprint density at radius 3 is 2.77 bits per heavy atom. The normalized spacial score (nSPS) is 17.1. The maximum Gasteiger partial charge on any atom is 0.326 e. The maximum atomic E-state index is 12.5. The molecule has 1 atom stereocenters. The van der Waals surface area contributed by atoms with Gasteiger partial charge in [0.25, 0.3) is 0 Å². The summed E-state index contributed by atoms with van der Waals surface area (Å²) in [6, 6.07) is 6.92. The number of hydrogen-bond acceptors (Lipinski definition) is 4. The van der Waals surface area contributed by atoms with E-state index in [1.165, 1.54) is 16.2 Å². The average molecular weight is 316 g/mol. The van der Waals surface area contributed by atoms with Crippen molar-refractivity contribution in [2.75, 3.05) is 0 Å². The minimum absolute atomic E-state index is 0.128. The van der Waals surface area contributed by atoms with Crippen LogP contribution in [-0.2, 0) is 29.0 Å². The van der Waals surface area contributed by atoms with Gasteiger partial charge < -0.3 is 10.0 Å². The van der Waals surface area contributed by atoms with Crippen molar-refractivity contribution in [3.05, 3.63) is 52.0 Å². The van der Waals surface area contributed by atoms with Gasteiger partial charge in [-0.2, -0.15) is 0 Å². The molecule has 0 radical (unpaired) electrons. The van der Waals surface area contributed by atoms with Crippen molar-refractivity contribution in [3.63, 3.8) is 0 Å². The second-order valence-electron chi connectivity index (χ2n) is 5.27. The number of aryl methyl sites for hydroxylation is 1. The molecule has 1 N–H and O–H groups in total. The van der Waals surface area contributed by atoms with E-state index in [1.54, 1.807) is 6.20 Å². The molecular weight excluding hydrogens is 300 g/mol. The zero-order valence-electron chi connectivity index (χ0n) is 11.9. The highest BCUT2D eigenvalue weighted by Gasteiger charge is 2.34. The van der Waals surface area contributed by atoms with Crippen LogP contribution in [0.4, 0.5) is 0 Å². The summed E-state index contributed by atoms with van der Waals surface area (Å²) in [5.41, 5.74) is 2.04. The van der Waals surface area contributed by atoms with Crippen molar-refractivity contribution in [3.8, 4) is 0 Å². The topological polar surface area (TPSA) is 70.5 Å². The molecule has 3 rings (SSSR count). The van der Waals surface area contributed by atoms with E-state index in [9.17, 15) is 14.7 Å². The second-order valence-corrected chi connectivity index (χ2v) is 6.25. The van der Waals surface area contributed by atoms with Crippen LogP contribution in [0.25, 0.3) is 0 Å². The molecule has 2 aromatic rings. The molecule has 1 aromatic heterocycles. The van der Waals surface area contributed by atoms with Crippen LogP contribution < -0.4 is 0 Å². The van der Waals surface area contributed by atoms with Gasteiger partial charge in [-0.05, 0) is 11.1 Å². The van der Waals surface area contributed by atoms with Gasteiger partial charge in [-0.3, -0.25) is 4.79 Å². The van der Waals surface area contributed by atoms with Crippen LogP contribution >= 0.6 is 11.3 Å². The van der Waals surface area contributed by atoms with Gasteiger partial charge in [-0.1, -0.05) is 24.3 Å². The summed E-state index contributed by atoms with van der Waals surface area (Å²) in [4.78, 5) is 29.6. The fourth-order valence-corrected chi connectivity index (χ4v) is 3.36. The summed E-state index contributed by atoms with van der Waals surface area (Å²) in [5.74, 6) is -1.07. The number of nitrogens with zero attached hydrogens (tertiary/aromatic N) is 2. The standard InChI is InChI=1S/C16H16N2O3S/c19-15(6-5-14-17-7-8-22-14)18-10-12-4-2-1-3-11(12)9-13(18)16(20)21/h1-4,7-8,13H,5-6,9-10H2,(H,20,21). The van der Waals surface area contributed by atoms with Crippen molar-refractivity contribution in [1.82, 2.24) is 9.88 Å². The van der Waals surface area contributed by atoms with Gasteiger partial charge in [0, 0.05) is 37.4 Å². The Morgan fingerprint density at radius 1 is 1.32 bits per heavy atom. The Bertz CT molecular complexity index is 684. The Kier molecular flexibility index (Phi) is 4.20. The maximum absolute atomic E-state index is 12.5. The van der Waals surface area contributed by atoms with E-state index in [2.05, 4.69) is 4.98 Å². The Labute approximate surface area is 132 Å². The van der Waals surface area contributed by atoms with Gasteiger partial charge in [-0.25, -0.2) is 9.78 Å². The molecule has 1 unspecified atom stereocenters. The predicted octanol–water partition coefficient (Wildman–Crippen LogP) is 2.11. The van der Waals surface area contributed by atoms with Crippen LogP contribution in [0.15, 0.2) is 35.8 Å². The lowest BCUT2D eigenvalue weighted by atomic mass is 9.93. The molecule has 0 bridgehead atoms. The second kappa shape index (κ2) is 6.27. The molecule has 114 valence electrons. The van der Waals surface area contributed by atoms with Crippen LogP contribution in [-0.4, -0.2) is 32.9 Å². The number of carboxylic acids is 1. The van der Waals surface area contributed by atoms with Crippen LogP contribution in [0, 0.1) is 0 Å². The van der Waals surface area contributed by atoms with Crippen LogP contribution in [0.2, 0.25) is 0 Å². The minimum Gasteiger partial charge on any atom is -0.480 e. The van der Waals surface area contributed by atoms with Gasteiger partial charge in [-0.15, -0.1) is 11.3 Å². The summed E-state index contributed by atoms with van der Waals surface area (Å²) in [7, 11) is 0. The fraction of sp³-hybridized carbons (Fsp3) is 0.312. The molecule has 1 aliphatic rings. The quantitative estimate of drug-likeness (QED) is 0.938. The smallest absolute Gasteiger partial charge is 0.326 e. The zero-order valence-corrected chi connectivity index (χ0v) is 12.8. The molecule has 5 nitrogen and oxygen atoms in total. The number of carboxylic acid groups (broad SMARTS) is 1. The fourth-order valence-electron chi connectivity index (χ4n) is 2.74. The van der Waals surface area contributed by atoms with Crippen molar-refractivity contribution in [2.24, 2.45) is 0 Å². The molecule has 1 aliphatic heterocycles. The highest BCUT2D eigenvalue weighted by molar-refractivity contribution is 7.09. The summed E-state index contributed by atoms with van der Waals surface area (Å²) >= 11 is 1.51. The molecule has 22 heavy (non-hydrogen) atoms. The SMILES string of the molecule is O=C(O)C1Cc2ccccc2CN1C(=O)CCc1nccs1. The average Bonchev–Trinajstić information content (AvgIpc) is 3.04. The summed E-state index contributed by atoms with van der Waals surface area (Å²) in [6.45, 7) is 0.365. The number of carbonyl (C=O) groups excluding carboxylic acids is 1. The molecule has 2 heterocycles. The van der Waals surface area contributed by atoms with Crippen LogP contribution in [0.1, 0.15) is 22.6 Å². The van der Waals surface area contributed by atoms with Crippen molar-refractivity contribution in [1.29, 1.82) is 0 Å². The lowest BCUT2D eigenvalue weighted by Crippen LogP contribution is -2.48. The number of amides is 1. The summed E-state index contributed by atoms with van der Waals surface area (Å²) < 4.78 is 0. The molecule has 1 amide bonds. The molecule has 0 fully saturated rings. The number of rotatable bonds is 4. The van der Waals surface area contributed by atoms with E-state index in [0.29, 0.717) is 25.8 Å². The molecule has 0 saturated carbocycles. The number of hydrogen-bond donors (Lipinski definition) is 1. The van der Waals surface area contributed by atoms with Crippen molar-refractivity contribution >= 4 is 23.2 Å². The number of fused-ring (bicyclic) bond motifs is 1. The summed E-state index contributed by atoms with van der Waals surface area (Å²) in [6.07, 6.45) is 2.93. The van der Waals surface area contributed by atoms with Gasteiger partial charge in [0.1, 0.15) is 6.04 Å². The van der Waals surface area contributed by atoms with Crippen molar-refractivity contribution in [2.45, 2.75) is 31.8 Å². The molecule has 0 saturated heterocycles. The highest BCUT2D eigenvalue weighted by Crippen LogP contribution is 2.24. The first kappa shape index (κ1) is 14.7. The number of benzene rings is 1. The largest absolute Gasteiger partial charge is 0.480 e. The first-order valence-electron chi connectivity index (χ1n) is 7.12. The molecule has 0 aliphatic carbocycles. The molecule has 1 aromatic carbocycles. The van der Waals surface area contributed by atoms with Crippen LogP contribution in [0.5, 0.6) is 0 Å². The zero-order chi connectivity index (χ0) is 15.5. The molecule has 6 heteroatoms. The number of carbonyl (C=O) groups is 2. The van der Waals surface area contributed by atoms with E-state index >= 15 is 0 Å². The third kappa shape index (κ3) is 3.01. The van der Waals surface area contributed by atoms with Gasteiger partial charge in [0.15, 0.2) is 0 Å². The minimum atomic E-state index is -0.947. The van der Waals surface area contributed by atoms with Crippen molar-refractivity contribution < 1.29 is 14.7 Å². The summed E-state index contributed by atoms with van der Waals surface area (Å²) in [5, 5.41) is 12.2. The Hall–Kier alpha value is -2.21. The molecular formula is C16H16N2O3S. The number of aliphatic carboxylic acids is 1. The van der Waals surface area contributed by atoms with E-state index in [-0.39, 0.29) is 5.91 Å². The van der Waals surface area contributed by atoms with Crippen LogP contribution in [0.3, 0.4) is 0 Å². The van der Waals surface area contributed by atoms with E-state index < -0.39 is 12.0 Å². The lowest BCUT2D eigenvalue weighted by Gasteiger charge is -2.34. The predicted molar refractivity (Wildman–Crippen MR) is 82.6 cm³/mol. The molecule has 0 spiro atoms.